The van der Waals surface area contributed by atoms with Gasteiger partial charge < -0.3 is 9.88 Å². The second kappa shape index (κ2) is 7.29. The van der Waals surface area contributed by atoms with Crippen molar-refractivity contribution in [2.45, 2.75) is 67.0 Å². The smallest absolute Gasteiger partial charge is 0.224 e. The fourth-order valence-corrected chi connectivity index (χ4v) is 3.96. The highest BCUT2D eigenvalue weighted by molar-refractivity contribution is 6.01. The van der Waals surface area contributed by atoms with Gasteiger partial charge in [-0.15, -0.1) is 0 Å². The normalized spacial score (nSPS) is 15.9. The van der Waals surface area contributed by atoms with E-state index in [4.69, 9.17) is 0 Å². The molecule has 0 aliphatic heterocycles. The number of amides is 1. The average Bonchev–Trinajstić information content (AvgIpc) is 3.14. The molecule has 7 heteroatoms. The van der Waals surface area contributed by atoms with E-state index >= 15 is 0 Å². The molecule has 2 heterocycles. The van der Waals surface area contributed by atoms with Gasteiger partial charge in [-0.2, -0.15) is 5.10 Å². The Kier molecular flexibility index (Phi) is 5.22. The summed E-state index contributed by atoms with van der Waals surface area (Å²) in [5, 5.41) is 9.36. The van der Waals surface area contributed by atoms with Gasteiger partial charge in [-0.3, -0.25) is 14.7 Å². The Morgan fingerprint density at radius 2 is 2.11 bits per heavy atom. The van der Waals surface area contributed by atoms with Crippen molar-refractivity contribution in [2.75, 3.05) is 0 Å². The summed E-state index contributed by atoms with van der Waals surface area (Å²) in [6, 6.07) is 0. The van der Waals surface area contributed by atoms with Crippen LogP contribution in [-0.2, 0) is 30.7 Å². The van der Waals surface area contributed by atoms with Gasteiger partial charge in [-0.25, -0.2) is 4.98 Å². The molecule has 0 fully saturated rings. The maximum absolute atomic E-state index is 12.9. The molecule has 2 aromatic heterocycles. The van der Waals surface area contributed by atoms with Crippen LogP contribution in [-0.4, -0.2) is 31.4 Å². The lowest BCUT2D eigenvalue weighted by Gasteiger charge is -2.30. The van der Waals surface area contributed by atoms with Gasteiger partial charge in [0.2, 0.25) is 5.91 Å². The maximum Gasteiger partial charge on any atom is 0.224 e. The van der Waals surface area contributed by atoms with Crippen LogP contribution in [0.2, 0.25) is 0 Å². The zero-order valence-electron chi connectivity index (χ0n) is 16.8. The number of Topliss-reactive ketones (excluding diaryl/α,β-unsaturated/α-hetero) is 1. The van der Waals surface area contributed by atoms with Gasteiger partial charge in [-0.1, -0.05) is 27.7 Å². The minimum Gasteiger partial charge on any atom is -0.349 e. The third kappa shape index (κ3) is 4.12. The molecule has 146 valence electrons. The first kappa shape index (κ1) is 19.3. The average molecular weight is 371 g/mol. The predicted molar refractivity (Wildman–Crippen MR) is 102 cm³/mol. The van der Waals surface area contributed by atoms with Crippen LogP contribution < -0.4 is 5.32 Å². The molecule has 27 heavy (non-hydrogen) atoms. The lowest BCUT2D eigenvalue weighted by Crippen LogP contribution is -2.30. The summed E-state index contributed by atoms with van der Waals surface area (Å²) >= 11 is 0. The topological polar surface area (TPSA) is 92.7 Å². The predicted octanol–water partition coefficient (Wildman–Crippen LogP) is 2.58. The molecule has 1 aliphatic rings. The molecule has 0 atom stereocenters. The Balaban J connectivity index is 1.89. The molecule has 0 bridgehead atoms. The number of aromatic nitrogens is 4. The number of carbonyl (C=O) groups is 2. The molecule has 2 aromatic rings. The van der Waals surface area contributed by atoms with E-state index in [1.807, 2.05) is 6.92 Å². The quantitative estimate of drug-likeness (QED) is 0.816. The molecular weight excluding hydrogens is 342 g/mol. The first-order valence-corrected chi connectivity index (χ1v) is 9.53. The number of hydrogen-bond acceptors (Lipinski definition) is 4. The lowest BCUT2D eigenvalue weighted by atomic mass is 9.75. The number of ketones is 1. The fourth-order valence-electron chi connectivity index (χ4n) is 3.96. The molecule has 0 unspecified atom stereocenters. The van der Waals surface area contributed by atoms with E-state index in [0.29, 0.717) is 24.7 Å². The zero-order valence-corrected chi connectivity index (χ0v) is 16.8. The first-order chi connectivity index (χ1) is 12.7. The number of hydrogen-bond donors (Lipinski definition) is 2. The Labute approximate surface area is 160 Å². The summed E-state index contributed by atoms with van der Waals surface area (Å²) < 4.78 is 2.26. The molecule has 3 rings (SSSR count). The fraction of sp³-hybridized carbons (Fsp3) is 0.600. The molecule has 0 saturated carbocycles. The van der Waals surface area contributed by atoms with E-state index in [1.165, 1.54) is 6.33 Å². The second-order valence-electron chi connectivity index (χ2n) is 8.72. The van der Waals surface area contributed by atoms with Crippen molar-refractivity contribution in [1.82, 2.24) is 25.1 Å². The van der Waals surface area contributed by atoms with Crippen LogP contribution >= 0.6 is 0 Å². The van der Waals surface area contributed by atoms with Crippen molar-refractivity contribution in [2.24, 2.45) is 11.3 Å². The third-order valence-corrected chi connectivity index (χ3v) is 5.12. The standard InChI is InChI=1S/C20H29N5O2/c1-12(2)10-25-13(3)14(6-18(27)21-9-17-22-11-23-24-17)19-15(25)7-20(4,5)8-16(19)26/h11-12H,6-10H2,1-5H3,(H,21,27)(H,22,23,24). The van der Waals surface area contributed by atoms with Crippen molar-refractivity contribution in [1.29, 1.82) is 0 Å². The van der Waals surface area contributed by atoms with Gasteiger partial charge in [0, 0.05) is 29.9 Å². The zero-order chi connectivity index (χ0) is 19.8. The van der Waals surface area contributed by atoms with E-state index < -0.39 is 0 Å². The van der Waals surface area contributed by atoms with Crippen molar-refractivity contribution < 1.29 is 9.59 Å². The molecule has 2 N–H and O–H groups in total. The van der Waals surface area contributed by atoms with Crippen LogP contribution in [0.25, 0.3) is 0 Å². The largest absolute Gasteiger partial charge is 0.349 e. The summed E-state index contributed by atoms with van der Waals surface area (Å²) in [4.78, 5) is 29.5. The lowest BCUT2D eigenvalue weighted by molar-refractivity contribution is -0.120. The van der Waals surface area contributed by atoms with Gasteiger partial charge in [0.15, 0.2) is 5.78 Å². The van der Waals surface area contributed by atoms with Crippen LogP contribution in [0.15, 0.2) is 6.33 Å². The number of carbonyl (C=O) groups excluding carboxylic acids is 2. The first-order valence-electron chi connectivity index (χ1n) is 9.53. The van der Waals surface area contributed by atoms with Crippen molar-refractivity contribution in [3.05, 3.63) is 34.7 Å². The SMILES string of the molecule is Cc1c(CC(=O)NCc2ncn[nH]2)c2c(n1CC(C)C)CC(C)(C)CC2=O. The molecule has 0 radical (unpaired) electrons. The molecule has 1 aliphatic carbocycles. The maximum atomic E-state index is 12.9. The molecule has 1 amide bonds. The number of aromatic amines is 1. The van der Waals surface area contributed by atoms with Crippen molar-refractivity contribution in [3.63, 3.8) is 0 Å². The van der Waals surface area contributed by atoms with Gasteiger partial charge in [-0.05, 0) is 30.2 Å². The third-order valence-electron chi connectivity index (χ3n) is 5.12. The summed E-state index contributed by atoms with van der Waals surface area (Å²) in [7, 11) is 0. The Morgan fingerprint density at radius 3 is 2.74 bits per heavy atom. The number of nitrogens with one attached hydrogen (secondary N) is 2. The summed E-state index contributed by atoms with van der Waals surface area (Å²) in [5.41, 5.74) is 3.74. The number of fused-ring (bicyclic) bond motifs is 1. The van der Waals surface area contributed by atoms with Crippen molar-refractivity contribution >= 4 is 11.7 Å². The Morgan fingerprint density at radius 1 is 1.37 bits per heavy atom. The Hall–Kier alpha value is -2.44. The minimum absolute atomic E-state index is 0.0462. The summed E-state index contributed by atoms with van der Waals surface area (Å²) in [6.07, 6.45) is 3.01. The van der Waals surface area contributed by atoms with Crippen LogP contribution in [0.4, 0.5) is 0 Å². The van der Waals surface area contributed by atoms with Crippen LogP contribution in [0, 0.1) is 18.3 Å². The van der Waals surface area contributed by atoms with Crippen LogP contribution in [0.3, 0.4) is 0 Å². The Bertz CT molecular complexity index is 846. The van der Waals surface area contributed by atoms with Crippen molar-refractivity contribution in [3.8, 4) is 0 Å². The van der Waals surface area contributed by atoms with Crippen LogP contribution in [0.1, 0.15) is 67.2 Å². The second-order valence-corrected chi connectivity index (χ2v) is 8.72. The van der Waals surface area contributed by atoms with Crippen LogP contribution in [0.5, 0.6) is 0 Å². The molecule has 0 spiro atoms. The molecular formula is C20H29N5O2. The van der Waals surface area contributed by atoms with E-state index in [0.717, 1.165) is 35.5 Å². The van der Waals surface area contributed by atoms with Gasteiger partial charge in [0.1, 0.15) is 12.2 Å². The van der Waals surface area contributed by atoms with Gasteiger partial charge in [0.05, 0.1) is 13.0 Å². The molecule has 0 aromatic carbocycles. The molecule has 7 nitrogen and oxygen atoms in total. The van der Waals surface area contributed by atoms with E-state index in [1.54, 1.807) is 0 Å². The van der Waals surface area contributed by atoms with Gasteiger partial charge >= 0.3 is 0 Å². The van der Waals surface area contributed by atoms with E-state index in [9.17, 15) is 9.59 Å². The summed E-state index contributed by atoms with van der Waals surface area (Å²) in [5.74, 6) is 1.12. The number of H-pyrrole nitrogens is 1. The van der Waals surface area contributed by atoms with Gasteiger partial charge in [0.25, 0.3) is 0 Å². The highest BCUT2D eigenvalue weighted by Crippen LogP contribution is 2.39. The highest BCUT2D eigenvalue weighted by Gasteiger charge is 2.37. The highest BCUT2D eigenvalue weighted by atomic mass is 16.1. The number of rotatable bonds is 6. The minimum atomic E-state index is -0.114. The van der Waals surface area contributed by atoms with E-state index in [2.05, 4.69) is 52.8 Å². The molecule has 0 saturated heterocycles. The number of nitrogens with zero attached hydrogens (tertiary/aromatic N) is 3. The monoisotopic (exact) mass is 371 g/mol. The van der Waals surface area contributed by atoms with E-state index in [-0.39, 0.29) is 23.5 Å². The summed E-state index contributed by atoms with van der Waals surface area (Å²) in [6.45, 7) is 11.8.